The summed E-state index contributed by atoms with van der Waals surface area (Å²) >= 11 is 0. The van der Waals surface area contributed by atoms with E-state index in [1.54, 1.807) is 13.3 Å². The summed E-state index contributed by atoms with van der Waals surface area (Å²) in [6.45, 7) is 2.54. The van der Waals surface area contributed by atoms with Crippen LogP contribution in [0.4, 0.5) is 5.82 Å². The number of hydrogen-bond donors (Lipinski definition) is 1. The van der Waals surface area contributed by atoms with E-state index >= 15 is 0 Å². The van der Waals surface area contributed by atoms with Gasteiger partial charge in [-0.05, 0) is 18.7 Å². The second-order valence-corrected chi connectivity index (χ2v) is 3.32. The van der Waals surface area contributed by atoms with E-state index in [1.165, 1.54) is 0 Å². The number of nitrogen functional groups attached to an aromatic ring is 1. The molecule has 1 heterocycles. The third-order valence-electron chi connectivity index (χ3n) is 1.98. The van der Waals surface area contributed by atoms with Crippen LogP contribution in [-0.4, -0.2) is 37.2 Å². The predicted octanol–water partition coefficient (Wildman–Crippen LogP) is 0.742. The van der Waals surface area contributed by atoms with Gasteiger partial charge in [0.1, 0.15) is 5.82 Å². The van der Waals surface area contributed by atoms with Gasteiger partial charge in [0.05, 0.1) is 6.61 Å². The number of anilines is 1. The molecule has 1 aromatic heterocycles. The molecule has 0 aliphatic heterocycles. The maximum Gasteiger partial charge on any atom is 0.123 e. The first kappa shape index (κ1) is 10.9. The van der Waals surface area contributed by atoms with Gasteiger partial charge in [0.25, 0.3) is 0 Å². The number of aromatic nitrogens is 1. The molecular formula is C10H17N3O. The smallest absolute Gasteiger partial charge is 0.123 e. The zero-order valence-corrected chi connectivity index (χ0v) is 8.73. The van der Waals surface area contributed by atoms with Gasteiger partial charge in [-0.2, -0.15) is 0 Å². The molecular weight excluding hydrogens is 178 g/mol. The van der Waals surface area contributed by atoms with E-state index in [4.69, 9.17) is 10.5 Å². The van der Waals surface area contributed by atoms with Crippen LogP contribution in [0.25, 0.3) is 0 Å². The van der Waals surface area contributed by atoms with Gasteiger partial charge < -0.3 is 10.5 Å². The number of likely N-dealkylation sites (N-methyl/N-ethyl adjacent to an activating group) is 1. The molecule has 4 nitrogen and oxygen atoms in total. The molecule has 0 fully saturated rings. The monoisotopic (exact) mass is 195 g/mol. The number of nitrogens with zero attached hydrogens (tertiary/aromatic N) is 2. The van der Waals surface area contributed by atoms with Crippen molar-refractivity contribution < 1.29 is 4.74 Å². The lowest BCUT2D eigenvalue weighted by molar-refractivity contribution is 0.158. The van der Waals surface area contributed by atoms with Crippen molar-refractivity contribution in [1.29, 1.82) is 0 Å². The van der Waals surface area contributed by atoms with Gasteiger partial charge in [0.15, 0.2) is 0 Å². The van der Waals surface area contributed by atoms with Gasteiger partial charge in [0.2, 0.25) is 0 Å². The Morgan fingerprint density at radius 2 is 2.29 bits per heavy atom. The van der Waals surface area contributed by atoms with E-state index in [0.29, 0.717) is 5.82 Å². The maximum absolute atomic E-state index is 5.49. The molecule has 0 aliphatic rings. The summed E-state index contributed by atoms with van der Waals surface area (Å²) in [5.74, 6) is 0.563. The zero-order valence-electron chi connectivity index (χ0n) is 8.73. The molecule has 0 saturated carbocycles. The fraction of sp³-hybridized carbons (Fsp3) is 0.500. The molecule has 14 heavy (non-hydrogen) atoms. The molecule has 0 bridgehead atoms. The van der Waals surface area contributed by atoms with Crippen molar-refractivity contribution >= 4 is 5.82 Å². The zero-order chi connectivity index (χ0) is 10.4. The summed E-state index contributed by atoms with van der Waals surface area (Å²) in [4.78, 5) is 6.21. The second kappa shape index (κ2) is 5.57. The highest BCUT2D eigenvalue weighted by Gasteiger charge is 1.99. The fourth-order valence-electron chi connectivity index (χ4n) is 1.17. The Balaban J connectivity index is 2.39. The van der Waals surface area contributed by atoms with Crippen molar-refractivity contribution in [3.8, 4) is 0 Å². The Labute approximate surface area is 84.7 Å². The molecule has 0 amide bonds. The molecule has 0 saturated heterocycles. The van der Waals surface area contributed by atoms with Gasteiger partial charge in [-0.1, -0.05) is 6.07 Å². The highest BCUT2D eigenvalue weighted by Crippen LogP contribution is 2.03. The van der Waals surface area contributed by atoms with E-state index in [2.05, 4.69) is 16.9 Å². The molecule has 0 atom stereocenters. The fourth-order valence-corrected chi connectivity index (χ4v) is 1.17. The lowest BCUT2D eigenvalue weighted by Crippen LogP contribution is -2.22. The van der Waals surface area contributed by atoms with Crippen LogP contribution >= 0.6 is 0 Å². The summed E-state index contributed by atoms with van der Waals surface area (Å²) in [7, 11) is 3.76. The Hall–Kier alpha value is -1.13. The maximum atomic E-state index is 5.49. The lowest BCUT2D eigenvalue weighted by Gasteiger charge is -2.15. The predicted molar refractivity (Wildman–Crippen MR) is 56.9 cm³/mol. The number of methoxy groups -OCH3 is 1. The Bertz CT molecular complexity index is 261. The molecule has 4 heteroatoms. The molecule has 2 N–H and O–H groups in total. The van der Waals surface area contributed by atoms with Gasteiger partial charge in [-0.15, -0.1) is 0 Å². The number of pyridine rings is 1. The minimum absolute atomic E-state index is 0.563. The van der Waals surface area contributed by atoms with Gasteiger partial charge >= 0.3 is 0 Å². The molecule has 1 rings (SSSR count). The highest BCUT2D eigenvalue weighted by molar-refractivity contribution is 5.29. The first-order chi connectivity index (χ1) is 6.72. The average Bonchev–Trinajstić information content (AvgIpc) is 2.18. The topological polar surface area (TPSA) is 51.4 Å². The highest BCUT2D eigenvalue weighted by atomic mass is 16.5. The van der Waals surface area contributed by atoms with E-state index < -0.39 is 0 Å². The van der Waals surface area contributed by atoms with Gasteiger partial charge in [-0.3, -0.25) is 4.90 Å². The largest absolute Gasteiger partial charge is 0.384 e. The minimum Gasteiger partial charge on any atom is -0.384 e. The van der Waals surface area contributed by atoms with Crippen molar-refractivity contribution in [2.45, 2.75) is 6.54 Å². The van der Waals surface area contributed by atoms with Crippen LogP contribution in [0.15, 0.2) is 18.3 Å². The normalized spacial score (nSPS) is 10.8. The number of ether oxygens (including phenoxy) is 1. The number of hydrogen-bond acceptors (Lipinski definition) is 4. The SMILES string of the molecule is COCCN(C)Cc1ccc(N)nc1. The third-order valence-corrected chi connectivity index (χ3v) is 1.98. The van der Waals surface area contributed by atoms with Crippen LogP contribution < -0.4 is 5.73 Å². The summed E-state index contributed by atoms with van der Waals surface area (Å²) in [6.07, 6.45) is 1.80. The summed E-state index contributed by atoms with van der Waals surface area (Å²) in [5.41, 5.74) is 6.66. The van der Waals surface area contributed by atoms with Gasteiger partial charge in [-0.25, -0.2) is 4.98 Å². The number of nitrogens with two attached hydrogens (primary N) is 1. The first-order valence-electron chi connectivity index (χ1n) is 4.60. The van der Waals surface area contributed by atoms with Crippen LogP contribution in [-0.2, 0) is 11.3 Å². The molecule has 78 valence electrons. The second-order valence-electron chi connectivity index (χ2n) is 3.32. The minimum atomic E-state index is 0.563. The molecule has 1 aromatic rings. The van der Waals surface area contributed by atoms with Gasteiger partial charge in [0, 0.05) is 26.4 Å². The average molecular weight is 195 g/mol. The Morgan fingerprint density at radius 1 is 1.50 bits per heavy atom. The molecule has 0 aliphatic carbocycles. The van der Waals surface area contributed by atoms with Crippen molar-refractivity contribution in [1.82, 2.24) is 9.88 Å². The van der Waals surface area contributed by atoms with Crippen LogP contribution in [0.1, 0.15) is 5.56 Å². The van der Waals surface area contributed by atoms with Crippen molar-refractivity contribution in [3.63, 3.8) is 0 Å². The Kier molecular flexibility index (Phi) is 4.35. The van der Waals surface area contributed by atoms with Crippen LogP contribution in [0.3, 0.4) is 0 Å². The standard InChI is InChI=1S/C10H17N3O/c1-13(5-6-14-2)8-9-3-4-10(11)12-7-9/h3-4,7H,5-6,8H2,1-2H3,(H2,11,12). The Morgan fingerprint density at radius 3 is 2.86 bits per heavy atom. The van der Waals surface area contributed by atoms with Crippen LogP contribution in [0.5, 0.6) is 0 Å². The van der Waals surface area contributed by atoms with E-state index in [9.17, 15) is 0 Å². The third kappa shape index (κ3) is 3.72. The molecule has 0 unspecified atom stereocenters. The van der Waals surface area contributed by atoms with Crippen molar-refractivity contribution in [2.75, 3.05) is 33.0 Å². The molecule has 0 spiro atoms. The summed E-state index contributed by atoms with van der Waals surface area (Å²) < 4.78 is 4.99. The van der Waals surface area contributed by atoms with Crippen LogP contribution in [0, 0.1) is 0 Å². The van der Waals surface area contributed by atoms with Crippen molar-refractivity contribution in [2.24, 2.45) is 0 Å². The van der Waals surface area contributed by atoms with E-state index in [-0.39, 0.29) is 0 Å². The molecule has 0 radical (unpaired) electrons. The summed E-state index contributed by atoms with van der Waals surface area (Å²) in [5, 5.41) is 0. The van der Waals surface area contributed by atoms with Crippen LogP contribution in [0.2, 0.25) is 0 Å². The summed E-state index contributed by atoms with van der Waals surface area (Å²) in [6, 6.07) is 3.81. The number of rotatable bonds is 5. The van der Waals surface area contributed by atoms with E-state index in [0.717, 1.165) is 25.3 Å². The van der Waals surface area contributed by atoms with E-state index in [1.807, 2.05) is 12.1 Å². The quantitative estimate of drug-likeness (QED) is 0.753. The molecule has 0 aromatic carbocycles. The first-order valence-corrected chi connectivity index (χ1v) is 4.60. The van der Waals surface area contributed by atoms with Crippen molar-refractivity contribution in [3.05, 3.63) is 23.9 Å². The lowest BCUT2D eigenvalue weighted by atomic mass is 10.2.